The van der Waals surface area contributed by atoms with Crippen LogP contribution in [0.2, 0.25) is 0 Å². The summed E-state index contributed by atoms with van der Waals surface area (Å²) in [4.78, 5) is 0. The lowest BCUT2D eigenvalue weighted by Crippen LogP contribution is -2.22. The third-order valence-corrected chi connectivity index (χ3v) is 3.46. The van der Waals surface area contributed by atoms with E-state index in [2.05, 4.69) is 13.8 Å². The van der Waals surface area contributed by atoms with E-state index in [1.807, 2.05) is 13.8 Å². The molecule has 0 aliphatic carbocycles. The van der Waals surface area contributed by atoms with Crippen LogP contribution in [0.5, 0.6) is 0 Å². The van der Waals surface area contributed by atoms with E-state index in [9.17, 15) is 5.11 Å². The van der Waals surface area contributed by atoms with Gasteiger partial charge in [-0.1, -0.05) is 39.9 Å². The second-order valence-corrected chi connectivity index (χ2v) is 5.57. The van der Waals surface area contributed by atoms with Gasteiger partial charge in [0.15, 0.2) is 0 Å². The topological polar surface area (TPSA) is 20.2 Å². The molecule has 1 nitrogen and oxygen atoms in total. The molecule has 0 fully saturated rings. The monoisotopic (exact) mass is 206 g/mol. The Bertz CT molecular complexity index is 145. The summed E-state index contributed by atoms with van der Waals surface area (Å²) >= 11 is 6.88. The Kier molecular flexibility index (Phi) is 6.14. The molecule has 0 amide bonds. The molecule has 0 saturated heterocycles. The standard InChI is InChI=1S/C9H18OS2/c1-5-8(10)7(4)9(11)12-6(2)3/h6-8,10H,5H2,1-4H3/t7-,8-/m1/s1. The maximum atomic E-state index is 9.51. The van der Waals surface area contributed by atoms with E-state index in [1.54, 1.807) is 11.8 Å². The first-order valence-corrected chi connectivity index (χ1v) is 5.66. The van der Waals surface area contributed by atoms with E-state index in [1.165, 1.54) is 0 Å². The molecular formula is C9H18OS2. The Morgan fingerprint density at radius 2 is 1.92 bits per heavy atom. The minimum atomic E-state index is -0.274. The van der Waals surface area contributed by atoms with Gasteiger partial charge in [0.25, 0.3) is 0 Å². The zero-order valence-electron chi connectivity index (χ0n) is 8.20. The summed E-state index contributed by atoms with van der Waals surface area (Å²) in [5.41, 5.74) is 0. The van der Waals surface area contributed by atoms with Crippen molar-refractivity contribution in [2.24, 2.45) is 5.92 Å². The predicted molar refractivity (Wildman–Crippen MR) is 60.8 cm³/mol. The second-order valence-electron chi connectivity index (χ2n) is 3.25. The molecule has 0 bridgehead atoms. The average molecular weight is 206 g/mol. The fraction of sp³-hybridized carbons (Fsp3) is 0.889. The minimum absolute atomic E-state index is 0.136. The SMILES string of the molecule is CC[C@@H](O)[C@@H](C)C(=S)SC(C)C. The van der Waals surface area contributed by atoms with Crippen molar-refractivity contribution in [1.82, 2.24) is 0 Å². The van der Waals surface area contributed by atoms with Gasteiger partial charge in [0.1, 0.15) is 0 Å². The highest BCUT2D eigenvalue weighted by atomic mass is 32.2. The number of hydrogen-bond acceptors (Lipinski definition) is 3. The van der Waals surface area contributed by atoms with Crippen molar-refractivity contribution in [3.8, 4) is 0 Å². The van der Waals surface area contributed by atoms with Crippen molar-refractivity contribution >= 4 is 28.2 Å². The van der Waals surface area contributed by atoms with E-state index in [-0.39, 0.29) is 12.0 Å². The van der Waals surface area contributed by atoms with Crippen molar-refractivity contribution in [3.63, 3.8) is 0 Å². The summed E-state index contributed by atoms with van der Waals surface area (Å²) in [5.74, 6) is 0.136. The Morgan fingerprint density at radius 1 is 1.42 bits per heavy atom. The predicted octanol–water partition coefficient (Wildman–Crippen LogP) is 2.86. The van der Waals surface area contributed by atoms with E-state index in [0.717, 1.165) is 10.6 Å². The molecule has 0 aliphatic heterocycles. The molecule has 0 aromatic heterocycles. The van der Waals surface area contributed by atoms with Crippen molar-refractivity contribution in [2.75, 3.05) is 0 Å². The van der Waals surface area contributed by atoms with Gasteiger partial charge in [0.2, 0.25) is 0 Å². The van der Waals surface area contributed by atoms with E-state index < -0.39 is 0 Å². The number of thioether (sulfide) groups is 1. The summed E-state index contributed by atoms with van der Waals surface area (Å²) in [7, 11) is 0. The number of hydrogen-bond donors (Lipinski definition) is 1. The zero-order chi connectivity index (χ0) is 9.72. The maximum Gasteiger partial charge on any atom is 0.0616 e. The van der Waals surface area contributed by atoms with Crippen LogP contribution in [0, 0.1) is 5.92 Å². The van der Waals surface area contributed by atoms with Gasteiger partial charge in [-0.05, 0) is 6.42 Å². The van der Waals surface area contributed by atoms with Gasteiger partial charge in [0, 0.05) is 11.2 Å². The summed E-state index contributed by atoms with van der Waals surface area (Å²) in [5, 5.41) is 10.0. The number of aliphatic hydroxyl groups excluding tert-OH is 1. The molecule has 3 heteroatoms. The van der Waals surface area contributed by atoms with Gasteiger partial charge in [-0.3, -0.25) is 0 Å². The lowest BCUT2D eigenvalue weighted by molar-refractivity contribution is 0.143. The molecule has 2 atom stereocenters. The molecule has 0 radical (unpaired) electrons. The number of aliphatic hydroxyl groups is 1. The Hall–Kier alpha value is 0.400. The Labute approximate surface area is 84.9 Å². The van der Waals surface area contributed by atoms with Gasteiger partial charge >= 0.3 is 0 Å². The van der Waals surface area contributed by atoms with E-state index >= 15 is 0 Å². The average Bonchev–Trinajstić information content (AvgIpc) is 2.00. The molecule has 1 N–H and O–H groups in total. The highest BCUT2D eigenvalue weighted by Gasteiger charge is 2.17. The molecule has 0 aromatic carbocycles. The first-order valence-electron chi connectivity index (χ1n) is 4.37. The van der Waals surface area contributed by atoms with Crippen molar-refractivity contribution in [2.45, 2.75) is 45.5 Å². The molecule has 0 saturated carbocycles. The summed E-state index contributed by atoms with van der Waals surface area (Å²) in [6, 6.07) is 0. The third-order valence-electron chi connectivity index (χ3n) is 1.72. The van der Waals surface area contributed by atoms with E-state index in [0.29, 0.717) is 5.25 Å². The summed E-state index contributed by atoms with van der Waals surface area (Å²) in [6.07, 6.45) is 0.503. The molecule has 72 valence electrons. The first kappa shape index (κ1) is 12.4. The van der Waals surface area contributed by atoms with Crippen molar-refractivity contribution < 1.29 is 5.11 Å². The van der Waals surface area contributed by atoms with Crippen molar-refractivity contribution in [1.29, 1.82) is 0 Å². The minimum Gasteiger partial charge on any atom is -0.392 e. The largest absolute Gasteiger partial charge is 0.392 e. The molecule has 0 aliphatic rings. The molecule has 0 unspecified atom stereocenters. The van der Waals surface area contributed by atoms with Gasteiger partial charge < -0.3 is 5.11 Å². The Morgan fingerprint density at radius 3 is 2.25 bits per heavy atom. The van der Waals surface area contributed by atoms with Crippen LogP contribution in [0.3, 0.4) is 0 Å². The molecule has 0 aromatic rings. The van der Waals surface area contributed by atoms with Gasteiger partial charge in [-0.25, -0.2) is 0 Å². The quantitative estimate of drug-likeness (QED) is 0.714. The summed E-state index contributed by atoms with van der Waals surface area (Å²) < 4.78 is 0.930. The fourth-order valence-electron chi connectivity index (χ4n) is 0.850. The molecular weight excluding hydrogens is 188 g/mol. The van der Waals surface area contributed by atoms with Crippen LogP contribution in [-0.4, -0.2) is 20.7 Å². The summed E-state index contributed by atoms with van der Waals surface area (Å²) in [6.45, 7) is 8.19. The highest BCUT2D eigenvalue weighted by molar-refractivity contribution is 8.23. The van der Waals surface area contributed by atoms with E-state index in [4.69, 9.17) is 12.2 Å². The van der Waals surface area contributed by atoms with Crippen LogP contribution in [0.4, 0.5) is 0 Å². The molecule has 0 heterocycles. The smallest absolute Gasteiger partial charge is 0.0616 e. The highest BCUT2D eigenvalue weighted by Crippen LogP contribution is 2.21. The zero-order valence-corrected chi connectivity index (χ0v) is 9.84. The van der Waals surface area contributed by atoms with Gasteiger partial charge in [-0.15, -0.1) is 11.8 Å². The van der Waals surface area contributed by atoms with Crippen LogP contribution in [0.15, 0.2) is 0 Å². The second kappa shape index (κ2) is 5.95. The third kappa shape index (κ3) is 4.43. The Balaban J connectivity index is 3.92. The van der Waals surface area contributed by atoms with Crippen LogP contribution < -0.4 is 0 Å². The van der Waals surface area contributed by atoms with Gasteiger partial charge in [0.05, 0.1) is 10.3 Å². The molecule has 12 heavy (non-hydrogen) atoms. The lowest BCUT2D eigenvalue weighted by atomic mass is 10.1. The fourth-order valence-corrected chi connectivity index (χ4v) is 2.42. The number of thiocarbonyl (C=S) groups is 1. The van der Waals surface area contributed by atoms with Crippen LogP contribution in [0.1, 0.15) is 34.1 Å². The normalized spacial score (nSPS) is 16.2. The van der Waals surface area contributed by atoms with Crippen LogP contribution in [-0.2, 0) is 0 Å². The van der Waals surface area contributed by atoms with Crippen LogP contribution in [0.25, 0.3) is 0 Å². The first-order chi connectivity index (χ1) is 5.49. The number of rotatable bonds is 4. The van der Waals surface area contributed by atoms with Crippen LogP contribution >= 0.6 is 24.0 Å². The van der Waals surface area contributed by atoms with Crippen molar-refractivity contribution in [3.05, 3.63) is 0 Å². The van der Waals surface area contributed by atoms with Gasteiger partial charge in [-0.2, -0.15) is 0 Å². The lowest BCUT2D eigenvalue weighted by Gasteiger charge is -2.18. The molecule has 0 rings (SSSR count). The maximum absolute atomic E-state index is 9.51. The molecule has 0 spiro atoms.